The Morgan fingerprint density at radius 3 is 2.82 bits per heavy atom. The third-order valence-electron chi connectivity index (χ3n) is 3.41. The van der Waals surface area contributed by atoms with Crippen LogP contribution in [0, 0.1) is 5.41 Å². The molecule has 1 atom stereocenters. The molecule has 0 aromatic heterocycles. The average molecular weight is 259 g/mol. The van der Waals surface area contributed by atoms with Gasteiger partial charge in [-0.2, -0.15) is 0 Å². The summed E-state index contributed by atoms with van der Waals surface area (Å²) in [5.41, 5.74) is -0.926. The zero-order chi connectivity index (χ0) is 12.7. The molecule has 7 heteroatoms. The molecule has 0 bridgehead atoms. The molecule has 2 amide bonds. The van der Waals surface area contributed by atoms with Crippen LogP contribution in [0.2, 0.25) is 0 Å². The Morgan fingerprint density at radius 1 is 1.53 bits per heavy atom. The van der Waals surface area contributed by atoms with Crippen molar-refractivity contribution in [3.8, 4) is 0 Å². The first-order chi connectivity index (χ1) is 7.91. The van der Waals surface area contributed by atoms with Gasteiger partial charge in [-0.15, -0.1) is 0 Å². The van der Waals surface area contributed by atoms with Gasteiger partial charge in [-0.05, 0) is 19.3 Å². The second kappa shape index (κ2) is 3.97. The Bertz CT molecular complexity index is 459. The van der Waals surface area contributed by atoms with E-state index in [1.165, 1.54) is 4.90 Å². The van der Waals surface area contributed by atoms with Crippen LogP contribution in [-0.4, -0.2) is 48.8 Å². The largest absolute Gasteiger partial charge is 0.323 e. The Kier molecular flexibility index (Phi) is 2.89. The van der Waals surface area contributed by atoms with Gasteiger partial charge in [0.05, 0.1) is 11.5 Å². The van der Waals surface area contributed by atoms with Crippen LogP contribution in [0.25, 0.3) is 0 Å². The highest BCUT2D eigenvalue weighted by molar-refractivity contribution is 7.91. The van der Waals surface area contributed by atoms with Crippen molar-refractivity contribution < 1.29 is 13.2 Å². The first kappa shape index (κ1) is 12.3. The first-order valence-electron chi connectivity index (χ1n) is 5.79. The molecule has 2 rings (SSSR count). The summed E-state index contributed by atoms with van der Waals surface area (Å²) in [6.07, 6.45) is 1.83. The zero-order valence-electron chi connectivity index (χ0n) is 9.82. The molecule has 2 heterocycles. The van der Waals surface area contributed by atoms with Gasteiger partial charge in [-0.1, -0.05) is 6.92 Å². The fourth-order valence-corrected chi connectivity index (χ4v) is 4.56. The van der Waals surface area contributed by atoms with Crippen molar-refractivity contribution in [2.45, 2.75) is 31.7 Å². The molecule has 96 valence electrons. The van der Waals surface area contributed by atoms with E-state index in [-0.39, 0.29) is 23.4 Å². The third-order valence-corrected chi connectivity index (χ3v) is 5.24. The highest BCUT2D eigenvalue weighted by atomic mass is 32.2. The second-order valence-electron chi connectivity index (χ2n) is 4.68. The number of nitrogens with one attached hydrogen (secondary N) is 2. The number of sulfone groups is 1. The lowest BCUT2D eigenvalue weighted by Crippen LogP contribution is -2.57. The molecule has 2 N–H and O–H groups in total. The van der Waals surface area contributed by atoms with E-state index in [0.29, 0.717) is 19.4 Å². The van der Waals surface area contributed by atoms with Gasteiger partial charge in [0.1, 0.15) is 11.4 Å². The lowest BCUT2D eigenvalue weighted by Gasteiger charge is -2.38. The maximum atomic E-state index is 11.8. The number of carbonyl (C=O) groups is 1. The number of carbonyl (C=O) groups excluding carboxylic acids is 1. The Labute approximate surface area is 101 Å². The molecule has 6 nitrogen and oxygen atoms in total. The minimum Gasteiger partial charge on any atom is -0.311 e. The van der Waals surface area contributed by atoms with Crippen LogP contribution in [0.1, 0.15) is 26.2 Å². The molecule has 2 fully saturated rings. The van der Waals surface area contributed by atoms with Gasteiger partial charge in [-0.25, -0.2) is 13.2 Å². The molecule has 0 aromatic rings. The summed E-state index contributed by atoms with van der Waals surface area (Å²) in [6, 6.07) is -0.339. The third kappa shape index (κ3) is 1.92. The van der Waals surface area contributed by atoms with E-state index in [2.05, 4.69) is 5.32 Å². The van der Waals surface area contributed by atoms with Crippen LogP contribution in [-0.2, 0) is 9.84 Å². The number of urea groups is 1. The monoisotopic (exact) mass is 259 g/mol. The first-order valence-corrected chi connectivity index (χ1v) is 7.61. The quantitative estimate of drug-likeness (QED) is 0.749. The topological polar surface area (TPSA) is 90.3 Å². The number of hydrogen-bond acceptors (Lipinski definition) is 4. The van der Waals surface area contributed by atoms with E-state index in [4.69, 9.17) is 5.41 Å². The molecule has 2 aliphatic heterocycles. The molecule has 1 spiro atoms. The van der Waals surface area contributed by atoms with Crippen molar-refractivity contribution in [2.75, 3.05) is 18.1 Å². The summed E-state index contributed by atoms with van der Waals surface area (Å²) < 4.78 is 23.5. The molecular formula is C10H17N3O3S. The highest BCUT2D eigenvalue weighted by Crippen LogP contribution is 2.33. The number of amides is 2. The summed E-state index contributed by atoms with van der Waals surface area (Å²) in [7, 11) is -3.16. The summed E-state index contributed by atoms with van der Waals surface area (Å²) in [4.78, 5) is 13.3. The molecule has 0 radical (unpaired) electrons. The molecule has 0 saturated carbocycles. The summed E-state index contributed by atoms with van der Waals surface area (Å²) in [5.74, 6) is 0.0903. The molecule has 2 saturated heterocycles. The molecule has 17 heavy (non-hydrogen) atoms. The van der Waals surface area contributed by atoms with Gasteiger partial charge < -0.3 is 4.90 Å². The van der Waals surface area contributed by atoms with Gasteiger partial charge in [0.2, 0.25) is 0 Å². The zero-order valence-corrected chi connectivity index (χ0v) is 10.6. The standard InChI is InChI=1S/C10H17N3O3S/c1-2-5-13-9(14)12-8(11)10(13)4-3-6-17(15,16)7-10/h2-7H2,1H3,(H2,11,12,14). The molecule has 0 aromatic carbocycles. The van der Waals surface area contributed by atoms with E-state index in [9.17, 15) is 13.2 Å². The Morgan fingerprint density at radius 2 is 2.24 bits per heavy atom. The number of amidine groups is 1. The van der Waals surface area contributed by atoms with Gasteiger partial charge >= 0.3 is 6.03 Å². The van der Waals surface area contributed by atoms with E-state index < -0.39 is 15.4 Å². The summed E-state index contributed by atoms with van der Waals surface area (Å²) in [5, 5.41) is 10.3. The number of hydrogen-bond donors (Lipinski definition) is 2. The van der Waals surface area contributed by atoms with Gasteiger partial charge in [0.15, 0.2) is 9.84 Å². The number of rotatable bonds is 2. The van der Waals surface area contributed by atoms with Crippen molar-refractivity contribution in [3.05, 3.63) is 0 Å². The van der Waals surface area contributed by atoms with Crippen LogP contribution in [0.3, 0.4) is 0 Å². The minimum atomic E-state index is -3.16. The molecular weight excluding hydrogens is 242 g/mol. The lowest BCUT2D eigenvalue weighted by atomic mass is 9.93. The minimum absolute atomic E-state index is 0.0409. The molecule has 2 aliphatic rings. The lowest BCUT2D eigenvalue weighted by molar-refractivity contribution is 0.174. The smallest absolute Gasteiger partial charge is 0.311 e. The Hall–Kier alpha value is -1.11. The average Bonchev–Trinajstić information content (AvgIpc) is 2.42. The Balaban J connectivity index is 2.38. The highest BCUT2D eigenvalue weighted by Gasteiger charge is 2.53. The maximum absolute atomic E-state index is 11.8. The van der Waals surface area contributed by atoms with Crippen molar-refractivity contribution in [2.24, 2.45) is 0 Å². The van der Waals surface area contributed by atoms with Crippen LogP contribution < -0.4 is 5.32 Å². The summed E-state index contributed by atoms with van der Waals surface area (Å²) in [6.45, 7) is 2.42. The van der Waals surface area contributed by atoms with Crippen molar-refractivity contribution in [3.63, 3.8) is 0 Å². The van der Waals surface area contributed by atoms with Crippen LogP contribution in [0.15, 0.2) is 0 Å². The van der Waals surface area contributed by atoms with E-state index >= 15 is 0 Å². The van der Waals surface area contributed by atoms with Gasteiger partial charge in [-0.3, -0.25) is 10.7 Å². The molecule has 1 unspecified atom stereocenters. The number of nitrogens with zero attached hydrogens (tertiary/aromatic N) is 1. The fourth-order valence-electron chi connectivity index (χ4n) is 2.66. The van der Waals surface area contributed by atoms with Crippen LogP contribution in [0.4, 0.5) is 4.79 Å². The van der Waals surface area contributed by atoms with E-state index in [1.807, 2.05) is 6.92 Å². The summed E-state index contributed by atoms with van der Waals surface area (Å²) >= 11 is 0. The van der Waals surface area contributed by atoms with Gasteiger partial charge in [0, 0.05) is 6.54 Å². The second-order valence-corrected chi connectivity index (χ2v) is 6.87. The predicted molar refractivity (Wildman–Crippen MR) is 63.9 cm³/mol. The molecule has 0 aliphatic carbocycles. The SMILES string of the molecule is CCCN1C(=O)NC(=N)C12CCCS(=O)(=O)C2. The van der Waals surface area contributed by atoms with E-state index in [0.717, 1.165) is 6.42 Å². The predicted octanol–water partition coefficient (Wildman–Crippen LogP) is 0.346. The van der Waals surface area contributed by atoms with Crippen LogP contribution in [0.5, 0.6) is 0 Å². The maximum Gasteiger partial charge on any atom is 0.323 e. The normalized spacial score (nSPS) is 31.9. The van der Waals surface area contributed by atoms with Crippen molar-refractivity contribution in [1.29, 1.82) is 5.41 Å². The van der Waals surface area contributed by atoms with E-state index in [1.54, 1.807) is 0 Å². The fraction of sp³-hybridized carbons (Fsp3) is 0.800. The van der Waals surface area contributed by atoms with Gasteiger partial charge in [0.25, 0.3) is 0 Å². The van der Waals surface area contributed by atoms with Crippen LogP contribution >= 0.6 is 0 Å². The van der Waals surface area contributed by atoms with Crippen molar-refractivity contribution in [1.82, 2.24) is 10.2 Å². The van der Waals surface area contributed by atoms with Crippen molar-refractivity contribution >= 4 is 21.7 Å².